The van der Waals surface area contributed by atoms with Crippen LogP contribution < -0.4 is 11.1 Å². The predicted molar refractivity (Wildman–Crippen MR) is 204 cm³/mol. The van der Waals surface area contributed by atoms with Gasteiger partial charge in [0.05, 0.1) is 39.0 Å². The Morgan fingerprint density at radius 3 is 1.90 bits per heavy atom. The van der Waals surface area contributed by atoms with Crippen LogP contribution in [0.3, 0.4) is 0 Å². The number of aryl methyl sites for hydroxylation is 1. The highest BCUT2D eigenvalue weighted by Crippen LogP contribution is 2.54. The lowest BCUT2D eigenvalue weighted by molar-refractivity contribution is -0.140. The quantitative estimate of drug-likeness (QED) is 0.127. The molecule has 7 nitrogen and oxygen atoms in total. The zero-order chi connectivity index (χ0) is 35.5. The highest BCUT2D eigenvalue weighted by Gasteiger charge is 2.49. The number of rotatable bonds is 11. The number of aliphatic hydroxyl groups is 1. The molecular weight excluding hydrogens is 661 g/mol. The molecule has 4 atom stereocenters. The van der Waals surface area contributed by atoms with Crippen LogP contribution >= 0.6 is 23.1 Å². The fourth-order valence-corrected chi connectivity index (χ4v) is 9.42. The lowest BCUT2D eigenvalue weighted by atomic mass is 9.84. The smallest absolute Gasteiger partial charge is 0.243 e. The Hall–Kier alpha value is -4.28. The van der Waals surface area contributed by atoms with Gasteiger partial charge in [-0.1, -0.05) is 115 Å². The van der Waals surface area contributed by atoms with Crippen LogP contribution in [0.2, 0.25) is 0 Å². The van der Waals surface area contributed by atoms with Gasteiger partial charge in [0.25, 0.3) is 0 Å². The first kappa shape index (κ1) is 35.5. The molecule has 0 aliphatic carbocycles. The second-order valence-electron chi connectivity index (χ2n) is 13.5. The molecule has 1 aliphatic rings. The summed E-state index contributed by atoms with van der Waals surface area (Å²) in [5.74, 6) is -0.672. The molecule has 0 spiro atoms. The number of likely N-dealkylation sites (tertiary alicyclic amines) is 1. The molecule has 258 valence electrons. The van der Waals surface area contributed by atoms with Crippen LogP contribution in [0.4, 0.5) is 0 Å². The molecule has 9 heteroatoms. The van der Waals surface area contributed by atoms with E-state index in [2.05, 4.69) is 46.7 Å². The van der Waals surface area contributed by atoms with Gasteiger partial charge in [-0.2, -0.15) is 0 Å². The standard InChI is InChI=1S/C41H44N4O3S2/c1-27(29-20-22-30(23-21-29)36-28(2)43-26-49-36)44-38(47)35-24-34(46)25-45(35)39(48)37(42)40(3,4)50-41(31-14-8-5-9-15-31,32-16-10-6-11-17-32)33-18-12-7-13-19-33/h5-23,26-27,34-35,37,46H,24-25,42H2,1-4H3,(H,44,47)/t27-,34+,35-,37+/m0/s1. The molecule has 0 saturated carbocycles. The zero-order valence-electron chi connectivity index (χ0n) is 28.8. The monoisotopic (exact) mass is 704 g/mol. The van der Waals surface area contributed by atoms with Gasteiger partial charge in [-0.25, -0.2) is 4.98 Å². The summed E-state index contributed by atoms with van der Waals surface area (Å²) >= 11 is 3.23. The number of thioether (sulfide) groups is 1. The van der Waals surface area contributed by atoms with E-state index in [1.807, 2.05) is 112 Å². The van der Waals surface area contributed by atoms with Crippen LogP contribution in [0.15, 0.2) is 121 Å². The second kappa shape index (κ2) is 14.9. The number of amides is 2. The van der Waals surface area contributed by atoms with Gasteiger partial charge in [-0.15, -0.1) is 23.1 Å². The van der Waals surface area contributed by atoms with Crippen molar-refractivity contribution in [2.75, 3.05) is 6.54 Å². The van der Waals surface area contributed by atoms with Crippen LogP contribution in [-0.2, 0) is 14.3 Å². The number of carbonyl (C=O) groups excluding carboxylic acids is 2. The molecule has 4 N–H and O–H groups in total. The average molecular weight is 705 g/mol. The SMILES string of the molecule is Cc1ncsc1-c1ccc([C@H](C)NC(=O)[C@@H]2C[C@@H](O)CN2C(=O)[C@@H](N)C(C)(C)SC(c2ccccc2)(c2ccccc2)c2ccccc2)cc1. The molecular formula is C41H44N4O3S2. The minimum absolute atomic E-state index is 0.0455. The molecule has 6 rings (SSSR count). The maximum atomic E-state index is 14.4. The summed E-state index contributed by atoms with van der Waals surface area (Å²) in [4.78, 5) is 35.1. The van der Waals surface area contributed by atoms with Crippen LogP contribution in [0.1, 0.15) is 61.2 Å². The first-order chi connectivity index (χ1) is 24.0. The zero-order valence-corrected chi connectivity index (χ0v) is 30.5. The summed E-state index contributed by atoms with van der Waals surface area (Å²) in [5, 5.41) is 13.8. The molecule has 0 bridgehead atoms. The number of aliphatic hydroxyl groups excluding tert-OH is 1. The lowest BCUT2D eigenvalue weighted by Gasteiger charge is -2.44. The van der Waals surface area contributed by atoms with Crippen LogP contribution in [0.5, 0.6) is 0 Å². The third-order valence-electron chi connectivity index (χ3n) is 9.61. The Labute approximate surface area is 303 Å². The Kier molecular flexibility index (Phi) is 10.6. The predicted octanol–water partition coefficient (Wildman–Crippen LogP) is 7.09. The number of nitrogens with one attached hydrogen (secondary N) is 1. The van der Waals surface area contributed by atoms with E-state index in [1.165, 1.54) is 4.90 Å². The van der Waals surface area contributed by atoms with E-state index >= 15 is 0 Å². The van der Waals surface area contributed by atoms with Crippen molar-refractivity contribution in [3.05, 3.63) is 149 Å². The molecule has 0 radical (unpaired) electrons. The summed E-state index contributed by atoms with van der Waals surface area (Å²) in [6.07, 6.45) is -0.678. The van der Waals surface area contributed by atoms with Gasteiger partial charge in [0.1, 0.15) is 6.04 Å². The fraction of sp³-hybridized carbons (Fsp3) is 0.293. The third-order valence-corrected chi connectivity index (χ3v) is 12.4. The number of carbonyl (C=O) groups is 2. The van der Waals surface area contributed by atoms with Crippen LogP contribution in [0.25, 0.3) is 10.4 Å². The van der Waals surface area contributed by atoms with Crippen molar-refractivity contribution in [3.63, 3.8) is 0 Å². The van der Waals surface area contributed by atoms with Gasteiger partial charge < -0.3 is 21.1 Å². The summed E-state index contributed by atoms with van der Waals surface area (Å²) in [6, 6.07) is 36.8. The molecule has 50 heavy (non-hydrogen) atoms. The summed E-state index contributed by atoms with van der Waals surface area (Å²) in [6.45, 7) is 7.94. The molecule has 1 aromatic heterocycles. The molecule has 4 aromatic carbocycles. The molecule has 2 heterocycles. The van der Waals surface area contributed by atoms with Gasteiger partial charge in [0.15, 0.2) is 0 Å². The number of β-amino-alcohol motifs (C(OH)–C–C–N with tert-alkyl or cyclic N) is 1. The van der Waals surface area contributed by atoms with Crippen molar-refractivity contribution in [2.45, 2.75) is 67.8 Å². The lowest BCUT2D eigenvalue weighted by Crippen LogP contribution is -2.57. The number of nitrogens with zero attached hydrogens (tertiary/aromatic N) is 2. The second-order valence-corrected chi connectivity index (χ2v) is 16.2. The number of benzene rings is 4. The Balaban J connectivity index is 1.24. The van der Waals surface area contributed by atoms with E-state index in [4.69, 9.17) is 5.73 Å². The van der Waals surface area contributed by atoms with Gasteiger partial charge >= 0.3 is 0 Å². The Morgan fingerprint density at radius 2 is 1.42 bits per heavy atom. The van der Waals surface area contributed by atoms with E-state index in [-0.39, 0.29) is 30.8 Å². The van der Waals surface area contributed by atoms with Gasteiger partial charge in [0.2, 0.25) is 11.8 Å². The van der Waals surface area contributed by atoms with Gasteiger partial charge in [-0.3, -0.25) is 9.59 Å². The summed E-state index contributed by atoms with van der Waals surface area (Å²) in [5.41, 5.74) is 15.0. The topological polar surface area (TPSA) is 109 Å². The normalized spacial score (nSPS) is 17.7. The van der Waals surface area contributed by atoms with Crippen LogP contribution in [0, 0.1) is 6.92 Å². The molecule has 1 fully saturated rings. The van der Waals surface area contributed by atoms with E-state index < -0.39 is 27.7 Å². The largest absolute Gasteiger partial charge is 0.391 e. The first-order valence-corrected chi connectivity index (χ1v) is 18.6. The number of hydrogen-bond acceptors (Lipinski definition) is 7. The van der Waals surface area contributed by atoms with Crippen molar-refractivity contribution in [1.29, 1.82) is 0 Å². The highest BCUT2D eigenvalue weighted by molar-refractivity contribution is 8.02. The van der Waals surface area contributed by atoms with Crippen LogP contribution in [-0.4, -0.2) is 56.3 Å². The highest BCUT2D eigenvalue weighted by atomic mass is 32.2. The minimum atomic E-state index is -0.983. The number of thiazole rings is 1. The summed E-state index contributed by atoms with van der Waals surface area (Å²) < 4.78 is -1.52. The molecule has 0 unspecified atom stereocenters. The van der Waals surface area contributed by atoms with Gasteiger partial charge in [-0.05, 0) is 55.5 Å². The van der Waals surface area contributed by atoms with E-state index in [1.54, 1.807) is 23.1 Å². The van der Waals surface area contributed by atoms with E-state index in [0.717, 1.165) is 38.4 Å². The number of hydrogen-bond donors (Lipinski definition) is 3. The molecule has 1 saturated heterocycles. The Morgan fingerprint density at radius 1 is 0.900 bits per heavy atom. The molecule has 2 amide bonds. The van der Waals surface area contributed by atoms with Crippen molar-refractivity contribution in [1.82, 2.24) is 15.2 Å². The average Bonchev–Trinajstić information content (AvgIpc) is 3.76. The number of nitrogens with two attached hydrogens (primary N) is 1. The van der Waals surface area contributed by atoms with E-state index in [0.29, 0.717) is 0 Å². The van der Waals surface area contributed by atoms with Gasteiger partial charge in [0, 0.05) is 17.7 Å². The van der Waals surface area contributed by atoms with Crippen molar-refractivity contribution in [3.8, 4) is 10.4 Å². The molecule has 1 aliphatic heterocycles. The van der Waals surface area contributed by atoms with E-state index in [9.17, 15) is 14.7 Å². The first-order valence-electron chi connectivity index (χ1n) is 16.9. The number of aromatic nitrogens is 1. The summed E-state index contributed by atoms with van der Waals surface area (Å²) in [7, 11) is 0. The van der Waals surface area contributed by atoms with Crippen molar-refractivity contribution in [2.24, 2.45) is 5.73 Å². The third kappa shape index (κ3) is 7.14. The van der Waals surface area contributed by atoms with Crippen molar-refractivity contribution >= 4 is 34.9 Å². The van der Waals surface area contributed by atoms with Crippen molar-refractivity contribution < 1.29 is 14.7 Å². The fourth-order valence-electron chi connectivity index (χ4n) is 6.83. The minimum Gasteiger partial charge on any atom is -0.391 e. The molecule has 5 aromatic rings. The maximum Gasteiger partial charge on any atom is 0.243 e. The Bertz CT molecular complexity index is 1800. The maximum absolute atomic E-state index is 14.4.